The zero-order valence-electron chi connectivity index (χ0n) is 10.7. The fourth-order valence-electron chi connectivity index (χ4n) is 2.04. The second-order valence-electron chi connectivity index (χ2n) is 4.50. The Morgan fingerprint density at radius 3 is 2.83 bits per heavy atom. The van der Waals surface area contributed by atoms with E-state index >= 15 is 0 Å². The highest BCUT2D eigenvalue weighted by Gasteiger charge is 2.15. The first-order valence-electron chi connectivity index (χ1n) is 5.67. The number of benzene rings is 1. The quantitative estimate of drug-likeness (QED) is 0.824. The lowest BCUT2D eigenvalue weighted by Crippen LogP contribution is -2.19. The second-order valence-corrected chi connectivity index (χ2v) is 4.50. The van der Waals surface area contributed by atoms with Crippen molar-refractivity contribution in [1.29, 1.82) is 5.26 Å². The smallest absolute Gasteiger partial charge is 0.408 e. The molecule has 0 saturated heterocycles. The Balaban J connectivity index is 2.55. The Hall–Kier alpha value is -2.06. The molecule has 2 rings (SSSR count). The molecule has 0 aliphatic heterocycles. The van der Waals surface area contributed by atoms with Crippen LogP contribution in [0.1, 0.15) is 18.0 Å². The molecule has 5 nitrogen and oxygen atoms in total. The van der Waals surface area contributed by atoms with Crippen LogP contribution >= 0.6 is 0 Å². The monoisotopic (exact) mass is 245 g/mol. The second kappa shape index (κ2) is 4.67. The van der Waals surface area contributed by atoms with Gasteiger partial charge < -0.3 is 9.32 Å². The predicted octanol–water partition coefficient (Wildman–Crippen LogP) is 1.65. The van der Waals surface area contributed by atoms with Gasteiger partial charge >= 0.3 is 5.76 Å². The van der Waals surface area contributed by atoms with Crippen LogP contribution in [0, 0.1) is 11.3 Å². The van der Waals surface area contributed by atoms with Crippen LogP contribution in [0.3, 0.4) is 0 Å². The van der Waals surface area contributed by atoms with Crippen molar-refractivity contribution in [3.05, 3.63) is 34.3 Å². The van der Waals surface area contributed by atoms with E-state index in [0.29, 0.717) is 12.0 Å². The zero-order chi connectivity index (χ0) is 13.3. The molecule has 18 heavy (non-hydrogen) atoms. The summed E-state index contributed by atoms with van der Waals surface area (Å²) >= 11 is 0. The molecular formula is C13H15N3O2. The molecule has 0 N–H and O–H groups in total. The molecule has 0 saturated carbocycles. The van der Waals surface area contributed by atoms with E-state index in [1.807, 2.05) is 31.1 Å². The highest BCUT2D eigenvalue weighted by molar-refractivity contribution is 5.73. The average Bonchev–Trinajstić information content (AvgIpc) is 2.62. The van der Waals surface area contributed by atoms with Crippen LogP contribution in [0.25, 0.3) is 11.1 Å². The number of oxazole rings is 1. The van der Waals surface area contributed by atoms with Gasteiger partial charge in [-0.1, -0.05) is 6.07 Å². The predicted molar refractivity (Wildman–Crippen MR) is 68.1 cm³/mol. The van der Waals surface area contributed by atoms with Gasteiger partial charge in [0.15, 0.2) is 5.58 Å². The summed E-state index contributed by atoms with van der Waals surface area (Å²) in [5, 5.41) is 8.87. The van der Waals surface area contributed by atoms with Crippen LogP contribution in [-0.4, -0.2) is 23.6 Å². The first-order valence-corrected chi connectivity index (χ1v) is 5.67. The molecule has 94 valence electrons. The number of aryl methyl sites for hydroxylation is 1. The van der Waals surface area contributed by atoms with Crippen LogP contribution in [0.4, 0.5) is 0 Å². The Morgan fingerprint density at radius 2 is 2.22 bits per heavy atom. The molecule has 1 atom stereocenters. The Labute approximate surface area is 105 Å². The Kier molecular flexibility index (Phi) is 3.21. The largest absolute Gasteiger partial charge is 0.419 e. The lowest BCUT2D eigenvalue weighted by Gasteiger charge is -2.22. The summed E-state index contributed by atoms with van der Waals surface area (Å²) in [7, 11) is 5.54. The molecular weight excluding hydrogens is 230 g/mol. The maximum Gasteiger partial charge on any atom is 0.419 e. The van der Waals surface area contributed by atoms with Crippen molar-refractivity contribution in [2.45, 2.75) is 12.5 Å². The molecule has 0 bridgehead atoms. The van der Waals surface area contributed by atoms with Crippen molar-refractivity contribution in [3.8, 4) is 6.07 Å². The van der Waals surface area contributed by atoms with E-state index in [0.717, 1.165) is 11.1 Å². The molecule has 0 aliphatic carbocycles. The summed E-state index contributed by atoms with van der Waals surface area (Å²) < 4.78 is 6.55. The average molecular weight is 245 g/mol. The van der Waals surface area contributed by atoms with E-state index < -0.39 is 0 Å². The Bertz CT molecular complexity index is 661. The highest BCUT2D eigenvalue weighted by atomic mass is 16.4. The molecule has 2 aromatic rings. The molecule has 1 heterocycles. The van der Waals surface area contributed by atoms with Crippen molar-refractivity contribution in [2.24, 2.45) is 7.05 Å². The van der Waals surface area contributed by atoms with E-state index in [-0.39, 0.29) is 11.8 Å². The van der Waals surface area contributed by atoms with Crippen LogP contribution in [0.5, 0.6) is 0 Å². The van der Waals surface area contributed by atoms with Crippen LogP contribution in [-0.2, 0) is 7.05 Å². The maximum absolute atomic E-state index is 11.4. The summed E-state index contributed by atoms with van der Waals surface area (Å²) in [4.78, 5) is 13.4. The first-order chi connectivity index (χ1) is 8.54. The van der Waals surface area contributed by atoms with Gasteiger partial charge in [0.2, 0.25) is 0 Å². The summed E-state index contributed by atoms with van der Waals surface area (Å²) in [5.41, 5.74) is 2.33. The van der Waals surface area contributed by atoms with Gasteiger partial charge in [-0.05, 0) is 31.8 Å². The summed E-state index contributed by atoms with van der Waals surface area (Å²) in [6, 6.07) is 7.78. The van der Waals surface area contributed by atoms with E-state index in [4.69, 9.17) is 9.68 Å². The van der Waals surface area contributed by atoms with Crippen molar-refractivity contribution >= 4 is 11.1 Å². The third-order valence-corrected chi connectivity index (χ3v) is 3.11. The fraction of sp³-hybridized carbons (Fsp3) is 0.385. The minimum Gasteiger partial charge on any atom is -0.408 e. The first kappa shape index (κ1) is 12.4. The molecule has 0 aliphatic rings. The maximum atomic E-state index is 11.4. The summed E-state index contributed by atoms with van der Waals surface area (Å²) in [6.07, 6.45) is 0.407. The molecule has 1 aromatic carbocycles. The van der Waals surface area contributed by atoms with Crippen LogP contribution in [0.2, 0.25) is 0 Å². The van der Waals surface area contributed by atoms with Gasteiger partial charge in [-0.25, -0.2) is 4.79 Å². The molecule has 0 spiro atoms. The van der Waals surface area contributed by atoms with Crippen molar-refractivity contribution < 1.29 is 4.42 Å². The van der Waals surface area contributed by atoms with Gasteiger partial charge in [0.05, 0.1) is 18.0 Å². The number of hydrogen-bond acceptors (Lipinski definition) is 4. The minimum atomic E-state index is -0.371. The molecule has 1 aromatic heterocycles. The van der Waals surface area contributed by atoms with Crippen molar-refractivity contribution in [1.82, 2.24) is 9.47 Å². The van der Waals surface area contributed by atoms with Crippen LogP contribution < -0.4 is 5.76 Å². The fourth-order valence-corrected chi connectivity index (χ4v) is 2.04. The van der Waals surface area contributed by atoms with E-state index in [1.54, 1.807) is 13.1 Å². The molecule has 1 unspecified atom stereocenters. The lowest BCUT2D eigenvalue weighted by molar-refractivity contribution is 0.303. The van der Waals surface area contributed by atoms with Gasteiger partial charge in [0.25, 0.3) is 0 Å². The number of fused-ring (bicyclic) bond motifs is 1. The number of nitriles is 1. The SMILES string of the molecule is CN(C)C(CC#N)c1ccc2oc(=O)n(C)c2c1. The van der Waals surface area contributed by atoms with Gasteiger partial charge in [-0.2, -0.15) is 5.26 Å². The highest BCUT2D eigenvalue weighted by Crippen LogP contribution is 2.24. The summed E-state index contributed by atoms with van der Waals surface area (Å²) in [5.74, 6) is -0.371. The zero-order valence-corrected chi connectivity index (χ0v) is 10.7. The van der Waals surface area contributed by atoms with Crippen molar-refractivity contribution in [3.63, 3.8) is 0 Å². The molecule has 5 heteroatoms. The Morgan fingerprint density at radius 1 is 1.50 bits per heavy atom. The topological polar surface area (TPSA) is 62.2 Å². The number of aromatic nitrogens is 1. The molecule has 0 radical (unpaired) electrons. The van der Waals surface area contributed by atoms with Gasteiger partial charge in [-0.3, -0.25) is 4.57 Å². The number of nitrogens with zero attached hydrogens (tertiary/aromatic N) is 3. The normalized spacial score (nSPS) is 12.8. The summed E-state index contributed by atoms with van der Waals surface area (Å²) in [6.45, 7) is 0. The minimum absolute atomic E-state index is 0.0180. The number of rotatable bonds is 3. The number of hydrogen-bond donors (Lipinski definition) is 0. The van der Waals surface area contributed by atoms with Gasteiger partial charge in [0, 0.05) is 13.1 Å². The van der Waals surface area contributed by atoms with Gasteiger partial charge in [0.1, 0.15) is 0 Å². The van der Waals surface area contributed by atoms with Crippen LogP contribution in [0.15, 0.2) is 27.4 Å². The van der Waals surface area contributed by atoms with Gasteiger partial charge in [-0.15, -0.1) is 0 Å². The molecule has 0 fully saturated rings. The van der Waals surface area contributed by atoms with E-state index in [9.17, 15) is 4.79 Å². The van der Waals surface area contributed by atoms with E-state index in [1.165, 1.54) is 4.57 Å². The molecule has 0 amide bonds. The standard InChI is InChI=1S/C13H15N3O2/c1-15(2)10(6-7-14)9-4-5-12-11(8-9)16(3)13(17)18-12/h4-5,8,10H,6H2,1-3H3. The lowest BCUT2D eigenvalue weighted by atomic mass is 10.0. The van der Waals surface area contributed by atoms with E-state index in [2.05, 4.69) is 6.07 Å². The third-order valence-electron chi connectivity index (χ3n) is 3.11. The van der Waals surface area contributed by atoms with Crippen molar-refractivity contribution in [2.75, 3.05) is 14.1 Å². The third kappa shape index (κ3) is 2.03.